The molecule has 0 saturated heterocycles. The van der Waals surface area contributed by atoms with Crippen molar-refractivity contribution in [3.05, 3.63) is 42.0 Å². The maximum atomic E-state index is 5.83. The number of halogens is 1. The molecule has 2 heteroatoms. The van der Waals surface area contributed by atoms with Crippen LogP contribution in [0.25, 0.3) is 10.8 Å². The first-order valence-corrected chi connectivity index (χ1v) is 8.10. The third-order valence-corrected chi connectivity index (χ3v) is 3.94. The molecule has 2 aromatic carbocycles. The monoisotopic (exact) mass is 298 g/mol. The van der Waals surface area contributed by atoms with Crippen LogP contribution in [0.2, 0.25) is 0 Å². The molecule has 1 aliphatic rings. The topological polar surface area (TPSA) is 9.23 Å². The van der Waals surface area contributed by atoms with Crippen LogP contribution >= 0.6 is 11.6 Å². The van der Waals surface area contributed by atoms with Gasteiger partial charge in [0.1, 0.15) is 5.75 Å². The highest BCUT2D eigenvalue weighted by Gasteiger charge is 2.20. The first-order chi connectivity index (χ1) is 10.3. The van der Waals surface area contributed by atoms with Crippen molar-refractivity contribution in [3.63, 3.8) is 0 Å². The Morgan fingerprint density at radius 1 is 1.10 bits per heavy atom. The van der Waals surface area contributed by atoms with E-state index in [0.717, 1.165) is 30.3 Å². The average molecular weight is 299 g/mol. The van der Waals surface area contributed by atoms with Crippen LogP contribution in [0.1, 0.15) is 31.2 Å². The molecule has 21 heavy (non-hydrogen) atoms. The van der Waals surface area contributed by atoms with Crippen molar-refractivity contribution in [2.75, 3.05) is 12.5 Å². The first-order valence-electron chi connectivity index (χ1n) is 7.56. The van der Waals surface area contributed by atoms with E-state index in [1.165, 1.54) is 30.0 Å². The van der Waals surface area contributed by atoms with Crippen LogP contribution in [-0.2, 0) is 0 Å². The Morgan fingerprint density at radius 3 is 2.71 bits per heavy atom. The van der Waals surface area contributed by atoms with Gasteiger partial charge in [-0.05, 0) is 47.4 Å². The summed E-state index contributed by atoms with van der Waals surface area (Å²) in [5.74, 6) is 8.67. The van der Waals surface area contributed by atoms with Gasteiger partial charge in [-0.1, -0.05) is 36.8 Å². The number of benzene rings is 2. The van der Waals surface area contributed by atoms with E-state index in [2.05, 4.69) is 42.2 Å². The molecule has 0 N–H and O–H groups in total. The minimum atomic E-state index is 0.585. The lowest BCUT2D eigenvalue weighted by atomic mass is 10.1. The smallest absolute Gasteiger partial charge is 0.119 e. The van der Waals surface area contributed by atoms with E-state index in [0.29, 0.717) is 5.88 Å². The van der Waals surface area contributed by atoms with Gasteiger partial charge in [-0.2, -0.15) is 0 Å². The Kier molecular flexibility index (Phi) is 4.68. The summed E-state index contributed by atoms with van der Waals surface area (Å²) in [4.78, 5) is 0. The van der Waals surface area contributed by atoms with Crippen molar-refractivity contribution in [2.24, 2.45) is 5.92 Å². The predicted octanol–water partition coefficient (Wildman–Crippen LogP) is 5.00. The summed E-state index contributed by atoms with van der Waals surface area (Å²) < 4.78 is 5.83. The number of fused-ring (bicyclic) bond motifs is 1. The van der Waals surface area contributed by atoms with Gasteiger partial charge in [0.25, 0.3) is 0 Å². The Morgan fingerprint density at radius 2 is 1.90 bits per heavy atom. The van der Waals surface area contributed by atoms with Crippen LogP contribution in [0, 0.1) is 17.8 Å². The van der Waals surface area contributed by atoms with Crippen LogP contribution in [0.15, 0.2) is 36.4 Å². The molecule has 0 bridgehead atoms. The van der Waals surface area contributed by atoms with Crippen LogP contribution in [-0.4, -0.2) is 12.5 Å². The Hall–Kier alpha value is -1.65. The third kappa shape index (κ3) is 4.16. The molecule has 0 radical (unpaired) electrons. The fourth-order valence-electron chi connectivity index (χ4n) is 2.35. The van der Waals surface area contributed by atoms with E-state index in [4.69, 9.17) is 16.3 Å². The number of ether oxygens (including phenoxy) is 1. The lowest BCUT2D eigenvalue weighted by Gasteiger charge is -2.07. The van der Waals surface area contributed by atoms with Crippen molar-refractivity contribution in [1.29, 1.82) is 0 Å². The van der Waals surface area contributed by atoms with Gasteiger partial charge in [0.05, 0.1) is 6.61 Å². The van der Waals surface area contributed by atoms with Crippen molar-refractivity contribution < 1.29 is 4.74 Å². The lowest BCUT2D eigenvalue weighted by Crippen LogP contribution is -1.97. The van der Waals surface area contributed by atoms with Crippen molar-refractivity contribution in [2.45, 2.75) is 25.7 Å². The second-order valence-electron chi connectivity index (χ2n) is 5.55. The third-order valence-electron chi connectivity index (χ3n) is 3.76. The Balaban J connectivity index is 1.69. The van der Waals surface area contributed by atoms with E-state index >= 15 is 0 Å². The molecule has 0 amide bonds. The molecule has 2 aromatic rings. The maximum Gasteiger partial charge on any atom is 0.119 e. The summed E-state index contributed by atoms with van der Waals surface area (Å²) in [6.07, 6.45) is 4.68. The van der Waals surface area contributed by atoms with Gasteiger partial charge in [0.2, 0.25) is 0 Å². The van der Waals surface area contributed by atoms with Crippen LogP contribution in [0.4, 0.5) is 0 Å². The molecule has 3 rings (SSSR count). The highest BCUT2D eigenvalue weighted by atomic mass is 35.5. The molecular weight excluding hydrogens is 280 g/mol. The minimum Gasteiger partial charge on any atom is -0.494 e. The Bertz CT molecular complexity index is 677. The van der Waals surface area contributed by atoms with Crippen molar-refractivity contribution >= 4 is 22.4 Å². The van der Waals surface area contributed by atoms with Crippen molar-refractivity contribution in [3.8, 4) is 17.6 Å². The van der Waals surface area contributed by atoms with Crippen LogP contribution in [0.3, 0.4) is 0 Å². The van der Waals surface area contributed by atoms with Crippen molar-refractivity contribution in [1.82, 2.24) is 0 Å². The van der Waals surface area contributed by atoms with Gasteiger partial charge in [-0.15, -0.1) is 11.6 Å². The van der Waals surface area contributed by atoms with Gasteiger partial charge in [0.15, 0.2) is 0 Å². The summed E-state index contributed by atoms with van der Waals surface area (Å²) >= 11 is 5.63. The number of hydrogen-bond acceptors (Lipinski definition) is 1. The molecule has 1 saturated carbocycles. The van der Waals surface area contributed by atoms with Gasteiger partial charge in [-0.25, -0.2) is 0 Å². The molecule has 0 aliphatic heterocycles. The molecule has 0 heterocycles. The van der Waals surface area contributed by atoms with E-state index in [1.807, 2.05) is 6.07 Å². The minimum absolute atomic E-state index is 0.585. The highest BCUT2D eigenvalue weighted by molar-refractivity contribution is 6.18. The van der Waals surface area contributed by atoms with E-state index in [1.54, 1.807) is 0 Å². The average Bonchev–Trinajstić information content (AvgIpc) is 3.32. The molecule has 0 spiro atoms. The molecule has 1 aliphatic carbocycles. The summed E-state index contributed by atoms with van der Waals surface area (Å²) in [6, 6.07) is 12.5. The predicted molar refractivity (Wildman–Crippen MR) is 89.0 cm³/mol. The second kappa shape index (κ2) is 6.87. The largest absolute Gasteiger partial charge is 0.494 e. The molecular formula is C19H19ClO. The highest BCUT2D eigenvalue weighted by Crippen LogP contribution is 2.32. The van der Waals surface area contributed by atoms with E-state index in [-0.39, 0.29) is 0 Å². The van der Waals surface area contributed by atoms with Gasteiger partial charge in [0, 0.05) is 17.9 Å². The normalized spacial score (nSPS) is 13.8. The summed E-state index contributed by atoms with van der Waals surface area (Å²) in [6.45, 7) is 0.832. The van der Waals surface area contributed by atoms with E-state index in [9.17, 15) is 0 Å². The molecule has 108 valence electrons. The zero-order valence-corrected chi connectivity index (χ0v) is 12.8. The standard InChI is InChI=1S/C19H19ClO/c20-11-2-1-3-16-6-7-18-14-19(9-8-17(18)13-16)21-12-10-15-4-5-15/h6-9,13-15H,2,4-5,10-12H2. The van der Waals surface area contributed by atoms with E-state index < -0.39 is 0 Å². The number of hydrogen-bond donors (Lipinski definition) is 0. The quantitative estimate of drug-likeness (QED) is 0.557. The summed E-state index contributed by atoms with van der Waals surface area (Å²) in [5, 5.41) is 2.39. The maximum absolute atomic E-state index is 5.83. The van der Waals surface area contributed by atoms with Gasteiger partial charge >= 0.3 is 0 Å². The molecule has 1 fully saturated rings. The molecule has 0 aromatic heterocycles. The lowest BCUT2D eigenvalue weighted by molar-refractivity contribution is 0.303. The second-order valence-corrected chi connectivity index (χ2v) is 5.92. The zero-order valence-electron chi connectivity index (χ0n) is 12.1. The molecule has 0 atom stereocenters. The van der Waals surface area contributed by atoms with Crippen LogP contribution < -0.4 is 4.74 Å². The molecule has 1 nitrogen and oxygen atoms in total. The van der Waals surface area contributed by atoms with Gasteiger partial charge < -0.3 is 4.74 Å². The van der Waals surface area contributed by atoms with Gasteiger partial charge in [-0.3, -0.25) is 0 Å². The SMILES string of the molecule is ClCCC#Cc1ccc2cc(OCCC3CC3)ccc2c1. The fraction of sp³-hybridized carbons (Fsp3) is 0.368. The fourth-order valence-corrected chi connectivity index (χ4v) is 2.45. The first kappa shape index (κ1) is 14.3. The van der Waals surface area contributed by atoms with Crippen LogP contribution in [0.5, 0.6) is 5.75 Å². The Labute approximate surface area is 131 Å². The summed E-state index contributed by atoms with van der Waals surface area (Å²) in [7, 11) is 0. The number of rotatable bonds is 5. The molecule has 0 unspecified atom stereocenters. The zero-order chi connectivity index (χ0) is 14.5. The number of alkyl halides is 1. The summed E-state index contributed by atoms with van der Waals surface area (Å²) in [5.41, 5.74) is 1.04.